The first kappa shape index (κ1) is 15.4. The number of ketones is 1. The Balaban J connectivity index is 1.69. The van der Waals surface area contributed by atoms with Crippen molar-refractivity contribution < 1.29 is 4.79 Å². The van der Waals surface area contributed by atoms with Crippen molar-refractivity contribution in [2.75, 3.05) is 0 Å². The van der Waals surface area contributed by atoms with Gasteiger partial charge in [0, 0.05) is 5.56 Å². The number of hydrogen-bond donors (Lipinski definition) is 0. The van der Waals surface area contributed by atoms with Crippen LogP contribution >= 0.6 is 0 Å². The highest BCUT2D eigenvalue weighted by molar-refractivity contribution is 6.19. The Morgan fingerprint density at radius 2 is 1.56 bits per heavy atom. The molecule has 0 aliphatic heterocycles. The van der Waals surface area contributed by atoms with Crippen LogP contribution in [-0.2, 0) is 0 Å². The lowest BCUT2D eigenvalue weighted by Crippen LogP contribution is -2.06. The van der Waals surface area contributed by atoms with E-state index in [1.807, 2.05) is 72.8 Å². The minimum Gasteiger partial charge on any atom is -0.287 e. The van der Waals surface area contributed by atoms with E-state index in [0.717, 1.165) is 16.5 Å². The third-order valence-electron chi connectivity index (χ3n) is 4.62. The predicted molar refractivity (Wildman–Crippen MR) is 104 cm³/mol. The van der Waals surface area contributed by atoms with Gasteiger partial charge in [-0.05, 0) is 22.9 Å². The fourth-order valence-corrected chi connectivity index (χ4v) is 3.33. The van der Waals surface area contributed by atoms with Crippen LogP contribution in [0, 0.1) is 0 Å². The van der Waals surface area contributed by atoms with Crippen LogP contribution in [0.5, 0.6) is 0 Å². The summed E-state index contributed by atoms with van der Waals surface area (Å²) in [5.74, 6) is -0.133. The lowest BCUT2D eigenvalue weighted by atomic mass is 9.99. The molecule has 27 heavy (non-hydrogen) atoms. The standard InChI is InChI=1S/C22H14N4O/c27-21(18-12-6-8-15-7-4-5-11-17(15)18)20-19-13-25-26(22(19)24-14-23-20)16-9-2-1-3-10-16/h1-14H. The molecule has 5 heteroatoms. The van der Waals surface area contributed by atoms with Crippen LogP contribution in [0.3, 0.4) is 0 Å². The summed E-state index contributed by atoms with van der Waals surface area (Å²) in [6, 6.07) is 23.3. The zero-order chi connectivity index (χ0) is 18.2. The van der Waals surface area contributed by atoms with E-state index in [4.69, 9.17) is 0 Å². The molecule has 0 atom stereocenters. The highest BCUT2D eigenvalue weighted by Crippen LogP contribution is 2.24. The van der Waals surface area contributed by atoms with Crippen molar-refractivity contribution in [2.24, 2.45) is 0 Å². The number of carbonyl (C=O) groups is 1. The van der Waals surface area contributed by atoms with Crippen molar-refractivity contribution in [2.45, 2.75) is 0 Å². The predicted octanol–water partition coefficient (Wildman–Crippen LogP) is 4.20. The Labute approximate surface area is 154 Å². The summed E-state index contributed by atoms with van der Waals surface area (Å²) in [7, 11) is 0. The Morgan fingerprint density at radius 1 is 0.778 bits per heavy atom. The summed E-state index contributed by atoms with van der Waals surface area (Å²) in [5.41, 5.74) is 2.48. The maximum absolute atomic E-state index is 13.3. The zero-order valence-corrected chi connectivity index (χ0v) is 14.3. The average Bonchev–Trinajstić information content (AvgIpc) is 3.18. The second-order valence-corrected chi connectivity index (χ2v) is 6.21. The van der Waals surface area contributed by atoms with E-state index in [9.17, 15) is 4.79 Å². The van der Waals surface area contributed by atoms with Gasteiger partial charge in [0.05, 0.1) is 17.3 Å². The van der Waals surface area contributed by atoms with Crippen LogP contribution in [0.1, 0.15) is 16.1 Å². The molecule has 0 fully saturated rings. The van der Waals surface area contributed by atoms with E-state index >= 15 is 0 Å². The lowest BCUT2D eigenvalue weighted by Gasteiger charge is -2.06. The summed E-state index contributed by atoms with van der Waals surface area (Å²) in [6.45, 7) is 0. The van der Waals surface area contributed by atoms with Gasteiger partial charge < -0.3 is 0 Å². The maximum atomic E-state index is 13.3. The number of hydrogen-bond acceptors (Lipinski definition) is 4. The van der Waals surface area contributed by atoms with Gasteiger partial charge in [0.1, 0.15) is 12.0 Å². The molecule has 5 aromatic rings. The highest BCUT2D eigenvalue weighted by Gasteiger charge is 2.19. The van der Waals surface area contributed by atoms with Gasteiger partial charge in [-0.1, -0.05) is 60.7 Å². The molecular formula is C22H14N4O. The summed E-state index contributed by atoms with van der Waals surface area (Å²) >= 11 is 0. The van der Waals surface area contributed by atoms with Crippen LogP contribution in [0.2, 0.25) is 0 Å². The van der Waals surface area contributed by atoms with Crippen molar-refractivity contribution in [3.63, 3.8) is 0 Å². The smallest absolute Gasteiger partial charge is 0.212 e. The molecule has 128 valence electrons. The number of carbonyl (C=O) groups excluding carboxylic acids is 1. The third-order valence-corrected chi connectivity index (χ3v) is 4.62. The van der Waals surface area contributed by atoms with E-state index in [2.05, 4.69) is 15.1 Å². The van der Waals surface area contributed by atoms with Crippen LogP contribution < -0.4 is 0 Å². The molecule has 3 aromatic carbocycles. The first-order valence-electron chi connectivity index (χ1n) is 8.59. The molecular weight excluding hydrogens is 336 g/mol. The second kappa shape index (κ2) is 6.14. The van der Waals surface area contributed by atoms with Crippen LogP contribution in [0.4, 0.5) is 0 Å². The highest BCUT2D eigenvalue weighted by atomic mass is 16.1. The molecule has 0 aliphatic carbocycles. The van der Waals surface area contributed by atoms with Gasteiger partial charge in [-0.15, -0.1) is 0 Å². The van der Waals surface area contributed by atoms with Crippen LogP contribution in [0.15, 0.2) is 85.3 Å². The quantitative estimate of drug-likeness (QED) is 0.458. The maximum Gasteiger partial charge on any atom is 0.212 e. The SMILES string of the molecule is O=C(c1cccc2ccccc12)c1ncnc2c1cnn2-c1ccccc1. The largest absolute Gasteiger partial charge is 0.287 e. The zero-order valence-electron chi connectivity index (χ0n) is 14.3. The van der Waals surface area contributed by atoms with Crippen molar-refractivity contribution in [1.29, 1.82) is 0 Å². The molecule has 0 N–H and O–H groups in total. The van der Waals surface area contributed by atoms with Crippen molar-refractivity contribution in [3.05, 3.63) is 96.6 Å². The fourth-order valence-electron chi connectivity index (χ4n) is 3.33. The topological polar surface area (TPSA) is 60.7 Å². The van der Waals surface area contributed by atoms with Crippen molar-refractivity contribution in [1.82, 2.24) is 19.7 Å². The molecule has 2 heterocycles. The Kier molecular flexibility index (Phi) is 3.50. The summed E-state index contributed by atoms with van der Waals surface area (Å²) < 4.78 is 1.72. The van der Waals surface area contributed by atoms with Gasteiger partial charge in [0.25, 0.3) is 0 Å². The molecule has 0 saturated carbocycles. The number of rotatable bonds is 3. The third kappa shape index (κ3) is 2.48. The number of benzene rings is 3. The van der Waals surface area contributed by atoms with Crippen LogP contribution in [0.25, 0.3) is 27.5 Å². The Morgan fingerprint density at radius 3 is 2.44 bits per heavy atom. The van der Waals surface area contributed by atoms with Gasteiger partial charge in [-0.25, -0.2) is 14.6 Å². The monoisotopic (exact) mass is 350 g/mol. The summed E-state index contributed by atoms with van der Waals surface area (Å²) in [6.07, 6.45) is 3.07. The summed E-state index contributed by atoms with van der Waals surface area (Å²) in [5, 5.41) is 7.00. The molecule has 0 unspecified atom stereocenters. The molecule has 0 amide bonds. The Bertz CT molecular complexity index is 1290. The molecule has 0 radical (unpaired) electrons. The molecule has 5 nitrogen and oxygen atoms in total. The molecule has 2 aromatic heterocycles. The first-order chi connectivity index (χ1) is 13.3. The van der Waals surface area contributed by atoms with Gasteiger partial charge in [-0.3, -0.25) is 4.79 Å². The molecule has 0 spiro atoms. The van der Waals surface area contributed by atoms with Gasteiger partial charge in [-0.2, -0.15) is 5.10 Å². The molecule has 0 saturated heterocycles. The van der Waals surface area contributed by atoms with E-state index in [-0.39, 0.29) is 5.78 Å². The number of para-hydroxylation sites is 1. The first-order valence-corrected chi connectivity index (χ1v) is 8.59. The van der Waals surface area contributed by atoms with Crippen LogP contribution in [-0.4, -0.2) is 25.5 Å². The molecule has 5 rings (SSSR count). The normalized spacial score (nSPS) is 11.1. The van der Waals surface area contributed by atoms with Gasteiger partial charge in [0.2, 0.25) is 5.78 Å². The van der Waals surface area contributed by atoms with Crippen molar-refractivity contribution >= 4 is 27.6 Å². The average molecular weight is 350 g/mol. The number of aromatic nitrogens is 4. The molecule has 0 aliphatic rings. The van der Waals surface area contributed by atoms with E-state index in [0.29, 0.717) is 22.3 Å². The number of fused-ring (bicyclic) bond motifs is 2. The minimum absolute atomic E-state index is 0.133. The van der Waals surface area contributed by atoms with Crippen molar-refractivity contribution in [3.8, 4) is 5.69 Å². The number of nitrogens with zero attached hydrogens (tertiary/aromatic N) is 4. The summed E-state index contributed by atoms with van der Waals surface area (Å²) in [4.78, 5) is 21.9. The van der Waals surface area contributed by atoms with E-state index in [1.165, 1.54) is 6.33 Å². The minimum atomic E-state index is -0.133. The van der Waals surface area contributed by atoms with E-state index in [1.54, 1.807) is 10.9 Å². The second-order valence-electron chi connectivity index (χ2n) is 6.21. The lowest BCUT2D eigenvalue weighted by molar-refractivity contribution is 0.103. The Hall–Kier alpha value is -3.86. The van der Waals surface area contributed by atoms with Gasteiger partial charge >= 0.3 is 0 Å². The van der Waals surface area contributed by atoms with Gasteiger partial charge in [0.15, 0.2) is 5.65 Å². The van der Waals surface area contributed by atoms with E-state index < -0.39 is 0 Å². The fraction of sp³-hybridized carbons (Fsp3) is 0. The molecule has 0 bridgehead atoms.